The SMILES string of the molecule is C=CCOC(C)C(=O)OCC(=O)NC1(c2ccc3c(c2)OCCO3)CCCC1. The van der Waals surface area contributed by atoms with Crippen LogP contribution in [-0.4, -0.2) is 44.4 Å². The van der Waals surface area contributed by atoms with Crippen LogP contribution < -0.4 is 14.8 Å². The number of carbonyl (C=O) groups excluding carboxylic acids is 2. The van der Waals surface area contributed by atoms with Crippen LogP contribution in [0.4, 0.5) is 0 Å². The van der Waals surface area contributed by atoms with Gasteiger partial charge >= 0.3 is 5.97 Å². The number of carbonyl (C=O) groups is 2. The fourth-order valence-electron chi connectivity index (χ4n) is 3.64. The van der Waals surface area contributed by atoms with Gasteiger partial charge in [-0.25, -0.2) is 4.79 Å². The number of ether oxygens (including phenoxy) is 4. The highest BCUT2D eigenvalue weighted by Crippen LogP contribution is 2.42. The summed E-state index contributed by atoms with van der Waals surface area (Å²) in [6.45, 7) is 6.06. The molecule has 1 saturated carbocycles. The Labute approximate surface area is 165 Å². The predicted molar refractivity (Wildman–Crippen MR) is 102 cm³/mol. The monoisotopic (exact) mass is 389 g/mol. The molecule has 1 aromatic rings. The minimum absolute atomic E-state index is 0.246. The molecule has 1 fully saturated rings. The van der Waals surface area contributed by atoms with Crippen molar-refractivity contribution in [2.24, 2.45) is 0 Å². The fourth-order valence-corrected chi connectivity index (χ4v) is 3.64. The van der Waals surface area contributed by atoms with Crippen LogP contribution in [0.1, 0.15) is 38.2 Å². The molecule has 1 aliphatic carbocycles. The molecule has 1 N–H and O–H groups in total. The Bertz CT molecular complexity index is 726. The van der Waals surface area contributed by atoms with Crippen LogP contribution in [0.15, 0.2) is 30.9 Å². The van der Waals surface area contributed by atoms with Crippen molar-refractivity contribution >= 4 is 11.9 Å². The number of hydrogen-bond acceptors (Lipinski definition) is 6. The van der Waals surface area contributed by atoms with E-state index in [1.165, 1.54) is 0 Å². The molecule has 2 aliphatic rings. The van der Waals surface area contributed by atoms with Crippen LogP contribution in [0.2, 0.25) is 0 Å². The van der Waals surface area contributed by atoms with Crippen molar-refractivity contribution in [2.75, 3.05) is 26.4 Å². The third-order valence-corrected chi connectivity index (χ3v) is 5.07. The first-order valence-corrected chi connectivity index (χ1v) is 9.64. The van der Waals surface area contributed by atoms with Crippen LogP contribution in [0, 0.1) is 0 Å². The van der Waals surface area contributed by atoms with E-state index in [0.717, 1.165) is 37.0 Å². The Morgan fingerprint density at radius 1 is 1.25 bits per heavy atom. The highest BCUT2D eigenvalue weighted by Gasteiger charge is 2.38. The topological polar surface area (TPSA) is 83.1 Å². The normalized spacial score (nSPS) is 18.2. The number of fused-ring (bicyclic) bond motifs is 1. The quantitative estimate of drug-likeness (QED) is 0.543. The molecule has 7 heteroatoms. The van der Waals surface area contributed by atoms with Gasteiger partial charge in [0.2, 0.25) is 0 Å². The second-order valence-electron chi connectivity index (χ2n) is 7.07. The van der Waals surface area contributed by atoms with E-state index in [-0.39, 0.29) is 19.1 Å². The summed E-state index contributed by atoms with van der Waals surface area (Å²) >= 11 is 0. The molecule has 0 bridgehead atoms. The summed E-state index contributed by atoms with van der Waals surface area (Å²) in [6.07, 6.45) is 4.48. The van der Waals surface area contributed by atoms with Crippen LogP contribution in [0.3, 0.4) is 0 Å². The van der Waals surface area contributed by atoms with Crippen molar-refractivity contribution in [3.05, 3.63) is 36.4 Å². The Hall–Kier alpha value is -2.54. The molecule has 28 heavy (non-hydrogen) atoms. The summed E-state index contributed by atoms with van der Waals surface area (Å²) in [6, 6.07) is 5.79. The van der Waals surface area contributed by atoms with Gasteiger partial charge in [0, 0.05) is 0 Å². The van der Waals surface area contributed by atoms with E-state index in [0.29, 0.717) is 19.0 Å². The highest BCUT2D eigenvalue weighted by atomic mass is 16.6. The zero-order chi connectivity index (χ0) is 20.0. The largest absolute Gasteiger partial charge is 0.486 e. The molecule has 0 aromatic heterocycles. The molecule has 3 rings (SSSR count). The highest BCUT2D eigenvalue weighted by molar-refractivity contribution is 5.82. The zero-order valence-corrected chi connectivity index (χ0v) is 16.2. The van der Waals surface area contributed by atoms with E-state index in [1.54, 1.807) is 13.0 Å². The van der Waals surface area contributed by atoms with E-state index in [4.69, 9.17) is 18.9 Å². The summed E-state index contributed by atoms with van der Waals surface area (Å²) in [7, 11) is 0. The lowest BCUT2D eigenvalue weighted by atomic mass is 9.87. The molecule has 1 amide bonds. The third kappa shape index (κ3) is 4.65. The molecule has 7 nitrogen and oxygen atoms in total. The number of hydrogen-bond donors (Lipinski definition) is 1. The first kappa shape index (κ1) is 20.2. The van der Waals surface area contributed by atoms with Crippen molar-refractivity contribution in [1.82, 2.24) is 5.32 Å². The van der Waals surface area contributed by atoms with Crippen LogP contribution in [0.25, 0.3) is 0 Å². The van der Waals surface area contributed by atoms with Gasteiger partial charge in [-0.05, 0) is 37.5 Å². The summed E-state index contributed by atoms with van der Waals surface area (Å²) < 4.78 is 21.6. The van der Waals surface area contributed by atoms with Crippen LogP contribution in [-0.2, 0) is 24.6 Å². The lowest BCUT2D eigenvalue weighted by Gasteiger charge is -2.32. The molecule has 0 radical (unpaired) electrons. The lowest BCUT2D eigenvalue weighted by Crippen LogP contribution is -2.46. The molecule has 1 heterocycles. The van der Waals surface area contributed by atoms with Gasteiger partial charge in [0.25, 0.3) is 5.91 Å². The Morgan fingerprint density at radius 3 is 2.68 bits per heavy atom. The maximum absolute atomic E-state index is 12.5. The van der Waals surface area contributed by atoms with Gasteiger partial charge in [-0.2, -0.15) is 0 Å². The van der Waals surface area contributed by atoms with Crippen LogP contribution >= 0.6 is 0 Å². The summed E-state index contributed by atoms with van der Waals surface area (Å²) in [5, 5.41) is 3.08. The second-order valence-corrected chi connectivity index (χ2v) is 7.07. The van der Waals surface area contributed by atoms with Crippen LogP contribution in [0.5, 0.6) is 11.5 Å². The van der Waals surface area contributed by atoms with E-state index in [9.17, 15) is 9.59 Å². The minimum Gasteiger partial charge on any atom is -0.486 e. The van der Waals surface area contributed by atoms with Gasteiger partial charge in [0.15, 0.2) is 24.2 Å². The molecule has 1 aromatic carbocycles. The van der Waals surface area contributed by atoms with E-state index in [1.807, 2.05) is 18.2 Å². The Morgan fingerprint density at radius 2 is 1.96 bits per heavy atom. The molecule has 0 spiro atoms. The maximum Gasteiger partial charge on any atom is 0.335 e. The van der Waals surface area contributed by atoms with E-state index < -0.39 is 17.6 Å². The maximum atomic E-state index is 12.5. The van der Waals surface area contributed by atoms with Crippen molar-refractivity contribution < 1.29 is 28.5 Å². The first-order chi connectivity index (χ1) is 13.5. The second kappa shape index (κ2) is 9.10. The van der Waals surface area contributed by atoms with Crippen molar-refractivity contribution in [1.29, 1.82) is 0 Å². The Balaban J connectivity index is 1.63. The van der Waals surface area contributed by atoms with Gasteiger partial charge in [-0.1, -0.05) is 25.0 Å². The standard InChI is InChI=1S/C21H27NO6/c1-3-10-25-15(2)20(24)28-14-19(23)22-21(8-4-5-9-21)16-6-7-17-18(13-16)27-12-11-26-17/h3,6-7,13,15H,1,4-5,8-12,14H2,2H3,(H,22,23). The molecule has 152 valence electrons. The van der Waals surface area contributed by atoms with E-state index >= 15 is 0 Å². The van der Waals surface area contributed by atoms with Gasteiger partial charge < -0.3 is 24.3 Å². The Kier molecular flexibility index (Phi) is 6.57. The van der Waals surface area contributed by atoms with Crippen molar-refractivity contribution in [3.8, 4) is 11.5 Å². The number of esters is 1. The minimum atomic E-state index is -0.746. The van der Waals surface area contributed by atoms with Gasteiger partial charge in [-0.15, -0.1) is 6.58 Å². The molecule has 1 aliphatic heterocycles. The van der Waals surface area contributed by atoms with Gasteiger partial charge in [-0.3, -0.25) is 4.79 Å². The predicted octanol–water partition coefficient (Wildman–Crippen LogP) is 2.48. The lowest BCUT2D eigenvalue weighted by molar-refractivity contribution is -0.158. The number of rotatable bonds is 8. The van der Waals surface area contributed by atoms with Gasteiger partial charge in [0.05, 0.1) is 12.1 Å². The first-order valence-electron chi connectivity index (χ1n) is 9.64. The van der Waals surface area contributed by atoms with Gasteiger partial charge in [0.1, 0.15) is 13.2 Å². The van der Waals surface area contributed by atoms with Crippen molar-refractivity contribution in [3.63, 3.8) is 0 Å². The zero-order valence-electron chi connectivity index (χ0n) is 16.2. The number of nitrogens with one attached hydrogen (secondary N) is 1. The smallest absolute Gasteiger partial charge is 0.335 e. The molecule has 0 saturated heterocycles. The summed E-state index contributed by atoms with van der Waals surface area (Å²) in [4.78, 5) is 24.4. The molecular weight excluding hydrogens is 362 g/mol. The average Bonchev–Trinajstić information content (AvgIpc) is 3.19. The third-order valence-electron chi connectivity index (χ3n) is 5.07. The molecular formula is C21H27NO6. The number of benzene rings is 1. The molecule has 1 atom stereocenters. The van der Waals surface area contributed by atoms with Crippen molar-refractivity contribution in [2.45, 2.75) is 44.2 Å². The number of amides is 1. The fraction of sp³-hybridized carbons (Fsp3) is 0.524. The average molecular weight is 389 g/mol. The summed E-state index contributed by atoms with van der Waals surface area (Å²) in [5.41, 5.74) is 0.501. The summed E-state index contributed by atoms with van der Waals surface area (Å²) in [5.74, 6) is 0.513. The molecule has 1 unspecified atom stereocenters. The van der Waals surface area contributed by atoms with E-state index in [2.05, 4.69) is 11.9 Å².